The molecule has 3 N–H and O–H groups in total. The molecule has 4 fully saturated rings. The van der Waals surface area contributed by atoms with Crippen LogP contribution in [0.25, 0.3) is 0 Å². The summed E-state index contributed by atoms with van der Waals surface area (Å²) >= 11 is 0. The highest BCUT2D eigenvalue weighted by Crippen LogP contribution is 2.40. The predicted octanol–water partition coefficient (Wildman–Crippen LogP) is 4.19. The van der Waals surface area contributed by atoms with Crippen molar-refractivity contribution >= 4 is 18.2 Å². The number of carbonyl (C=O) groups is 3. The lowest BCUT2D eigenvalue weighted by Crippen LogP contribution is -2.45. The standard InChI is InChI=1S/C17H29NO7.C13H23NO5.2CH4/c1-7-21-12(19)9-22-11-8-10(18-15(20)25-16(2,3)4)13-14(11)24-17(5,6)23-13;1-12(2,3)19-11(16)14-7-6-8(15)10-9(7)17-13(4,5)18-10;;/h10-11,13-14H,7-9H2,1-6H3,(H,18,20);7-10,15H,6H2,1-5H3,(H,14,16);2*1H4/t10-,11+,13+,14-;7-,8+,9+,10-;;/m11../s1. The minimum absolute atomic E-state index is 0. The lowest BCUT2D eigenvalue weighted by atomic mass is 10.2. The van der Waals surface area contributed by atoms with Crippen LogP contribution in [0, 0.1) is 0 Å². The number of nitrogens with one attached hydrogen (secondary N) is 2. The van der Waals surface area contributed by atoms with Gasteiger partial charge in [0.25, 0.3) is 0 Å². The summed E-state index contributed by atoms with van der Waals surface area (Å²) in [6.45, 7) is 19.9. The number of carbonyl (C=O) groups excluding carboxylic acids is 3. The quantitative estimate of drug-likeness (QED) is 0.274. The Balaban J connectivity index is 0.000000455. The van der Waals surface area contributed by atoms with E-state index in [-0.39, 0.29) is 58.0 Å². The molecule has 2 aliphatic heterocycles. The summed E-state index contributed by atoms with van der Waals surface area (Å²) in [7, 11) is 0. The molecule has 0 aromatic carbocycles. The third-order valence-electron chi connectivity index (χ3n) is 6.97. The number of aliphatic hydroxyl groups excluding tert-OH is 1. The van der Waals surface area contributed by atoms with Crippen LogP contribution in [-0.4, -0.2) is 108 Å². The summed E-state index contributed by atoms with van der Waals surface area (Å²) < 4.78 is 44.2. The lowest BCUT2D eigenvalue weighted by Gasteiger charge is -2.25. The van der Waals surface area contributed by atoms with E-state index in [0.29, 0.717) is 19.4 Å². The van der Waals surface area contributed by atoms with Gasteiger partial charge in [0, 0.05) is 0 Å². The van der Waals surface area contributed by atoms with Crippen LogP contribution in [0.15, 0.2) is 0 Å². The van der Waals surface area contributed by atoms with E-state index in [1.807, 2.05) is 0 Å². The molecular formula is C32H60N2O12. The van der Waals surface area contributed by atoms with Crippen LogP contribution >= 0.6 is 0 Å². The van der Waals surface area contributed by atoms with Gasteiger partial charge in [-0.3, -0.25) is 0 Å². The summed E-state index contributed by atoms with van der Waals surface area (Å²) in [5.41, 5.74) is -1.14. The molecule has 2 heterocycles. The Morgan fingerprint density at radius 1 is 0.739 bits per heavy atom. The van der Waals surface area contributed by atoms with E-state index in [0.717, 1.165) is 0 Å². The number of fused-ring (bicyclic) bond motifs is 2. The molecule has 2 saturated carbocycles. The van der Waals surface area contributed by atoms with E-state index in [1.54, 1.807) is 76.2 Å². The van der Waals surface area contributed by atoms with Gasteiger partial charge in [0.2, 0.25) is 0 Å². The van der Waals surface area contributed by atoms with Crippen molar-refractivity contribution in [2.45, 2.75) is 175 Å². The molecule has 2 amide bonds. The van der Waals surface area contributed by atoms with E-state index in [2.05, 4.69) is 10.6 Å². The SMILES string of the molecule is C.C.CC(C)(C)OC(=O)N[C@@H]1C[C@H](O)[C@H]2OC(C)(C)O[C@H]21.CCOC(=O)CO[C@H]1C[C@@H](NC(=O)OC(C)(C)C)[C@@H]2OC(C)(C)O[C@@H]21. The summed E-state index contributed by atoms with van der Waals surface area (Å²) in [5, 5.41) is 15.5. The first-order chi connectivity index (χ1) is 20.1. The van der Waals surface area contributed by atoms with Crippen LogP contribution < -0.4 is 10.6 Å². The molecule has 0 aromatic heterocycles. The minimum Gasteiger partial charge on any atom is -0.464 e. The molecule has 14 nitrogen and oxygen atoms in total. The van der Waals surface area contributed by atoms with E-state index in [4.69, 9.17) is 37.9 Å². The lowest BCUT2D eigenvalue weighted by molar-refractivity contribution is -0.173. The Morgan fingerprint density at radius 2 is 1.15 bits per heavy atom. The zero-order valence-corrected chi connectivity index (χ0v) is 27.9. The summed E-state index contributed by atoms with van der Waals surface area (Å²) in [4.78, 5) is 35.4. The molecule has 14 heteroatoms. The van der Waals surface area contributed by atoms with Gasteiger partial charge in [-0.15, -0.1) is 0 Å². The second kappa shape index (κ2) is 15.8. The maximum absolute atomic E-state index is 12.1. The van der Waals surface area contributed by atoms with E-state index in [1.165, 1.54) is 0 Å². The molecule has 0 aromatic rings. The molecular weight excluding hydrogens is 604 g/mol. The third kappa shape index (κ3) is 12.1. The van der Waals surface area contributed by atoms with Gasteiger partial charge in [-0.1, -0.05) is 14.9 Å². The van der Waals surface area contributed by atoms with Crippen LogP contribution in [0.2, 0.25) is 0 Å². The van der Waals surface area contributed by atoms with Crippen LogP contribution in [0.4, 0.5) is 9.59 Å². The number of hydrogen-bond donors (Lipinski definition) is 3. The highest BCUT2D eigenvalue weighted by Gasteiger charge is 2.56. The van der Waals surface area contributed by atoms with E-state index < -0.39 is 53.1 Å². The minimum atomic E-state index is -0.783. The topological polar surface area (TPSA) is 169 Å². The Labute approximate surface area is 274 Å². The largest absolute Gasteiger partial charge is 0.464 e. The maximum Gasteiger partial charge on any atom is 0.407 e. The van der Waals surface area contributed by atoms with Gasteiger partial charge in [0.1, 0.15) is 42.2 Å². The van der Waals surface area contributed by atoms with Crippen LogP contribution in [0.1, 0.15) is 104 Å². The van der Waals surface area contributed by atoms with Crippen LogP contribution in [-0.2, 0) is 42.7 Å². The van der Waals surface area contributed by atoms with Gasteiger partial charge in [-0.25, -0.2) is 14.4 Å². The molecule has 0 unspecified atom stereocenters. The van der Waals surface area contributed by atoms with Gasteiger partial charge in [-0.2, -0.15) is 0 Å². The number of ether oxygens (including phenoxy) is 8. The average molecular weight is 665 g/mol. The smallest absolute Gasteiger partial charge is 0.407 e. The van der Waals surface area contributed by atoms with Gasteiger partial charge >= 0.3 is 18.2 Å². The number of hydrogen-bond acceptors (Lipinski definition) is 12. The first kappa shape index (κ1) is 41.8. The second-order valence-corrected chi connectivity index (χ2v) is 14.3. The Morgan fingerprint density at radius 3 is 1.61 bits per heavy atom. The fraction of sp³-hybridized carbons (Fsp3) is 0.906. The third-order valence-corrected chi connectivity index (χ3v) is 6.97. The van der Waals surface area contributed by atoms with Gasteiger partial charge in [0.05, 0.1) is 30.9 Å². The molecule has 0 spiro atoms. The Bertz CT molecular complexity index is 1020. The zero-order valence-electron chi connectivity index (χ0n) is 27.9. The first-order valence-electron chi connectivity index (χ1n) is 15.2. The highest BCUT2D eigenvalue weighted by molar-refractivity contribution is 5.70. The fourth-order valence-corrected chi connectivity index (χ4v) is 5.63. The predicted molar refractivity (Wildman–Crippen MR) is 169 cm³/mol. The molecule has 0 bridgehead atoms. The second-order valence-electron chi connectivity index (χ2n) is 14.3. The zero-order chi connectivity index (χ0) is 33.3. The number of rotatable bonds is 6. The molecule has 4 rings (SSSR count). The van der Waals surface area contributed by atoms with Gasteiger partial charge in [-0.05, 0) is 89.0 Å². The van der Waals surface area contributed by atoms with Crippen molar-refractivity contribution in [2.24, 2.45) is 0 Å². The number of alkyl carbamates (subject to hydrolysis) is 2. The summed E-state index contributed by atoms with van der Waals surface area (Å²) in [6, 6.07) is -0.620. The van der Waals surface area contributed by atoms with Crippen molar-refractivity contribution < 1.29 is 57.4 Å². The van der Waals surface area contributed by atoms with Gasteiger partial charge in [0.15, 0.2) is 11.6 Å². The molecule has 0 radical (unpaired) electrons. The average Bonchev–Trinajstić information content (AvgIpc) is 3.49. The van der Waals surface area contributed by atoms with Crippen LogP contribution in [0.3, 0.4) is 0 Å². The van der Waals surface area contributed by atoms with Crippen molar-refractivity contribution in [3.63, 3.8) is 0 Å². The molecule has 270 valence electrons. The number of aliphatic hydroxyl groups is 1. The van der Waals surface area contributed by atoms with E-state index in [9.17, 15) is 19.5 Å². The number of amides is 2. The summed E-state index contributed by atoms with van der Waals surface area (Å²) in [5.74, 6) is -1.94. The van der Waals surface area contributed by atoms with E-state index >= 15 is 0 Å². The Kier molecular flexibility index (Phi) is 14.3. The highest BCUT2D eigenvalue weighted by atomic mass is 16.8. The molecule has 8 atom stereocenters. The van der Waals surface area contributed by atoms with Crippen LogP contribution in [0.5, 0.6) is 0 Å². The van der Waals surface area contributed by atoms with Crippen molar-refractivity contribution in [1.82, 2.24) is 10.6 Å². The molecule has 46 heavy (non-hydrogen) atoms. The molecule has 4 aliphatic rings. The summed E-state index contributed by atoms with van der Waals surface area (Å²) in [6.07, 6.45) is -2.63. The first-order valence-corrected chi connectivity index (χ1v) is 15.2. The number of esters is 1. The molecule has 2 aliphatic carbocycles. The fourth-order valence-electron chi connectivity index (χ4n) is 5.63. The maximum atomic E-state index is 12.1. The van der Waals surface area contributed by atoms with Gasteiger partial charge < -0.3 is 53.6 Å². The molecule has 2 saturated heterocycles. The van der Waals surface area contributed by atoms with Crippen molar-refractivity contribution in [1.29, 1.82) is 0 Å². The normalized spacial score (nSPS) is 31.9. The Hall–Kier alpha value is -2.23. The van der Waals surface area contributed by atoms with Crippen molar-refractivity contribution in [2.75, 3.05) is 13.2 Å². The van der Waals surface area contributed by atoms with Crippen molar-refractivity contribution in [3.05, 3.63) is 0 Å². The van der Waals surface area contributed by atoms with Crippen molar-refractivity contribution in [3.8, 4) is 0 Å². The monoisotopic (exact) mass is 664 g/mol.